The van der Waals surface area contributed by atoms with Gasteiger partial charge < -0.3 is 0 Å². The van der Waals surface area contributed by atoms with Crippen molar-refractivity contribution in [2.24, 2.45) is 0 Å². The number of pyridine rings is 3. The van der Waals surface area contributed by atoms with E-state index in [1.807, 2.05) is 37.2 Å². The number of rotatable bonds is 6. The Morgan fingerprint density at radius 1 is 0.185 bits per heavy atom. The Labute approximate surface area is 309 Å². The van der Waals surface area contributed by atoms with Crippen LogP contribution in [0.2, 0.25) is 0 Å². The van der Waals surface area contributed by atoms with Gasteiger partial charge in [-0.15, -0.1) is 0 Å². The fraction of sp³-hybridized carbons (Fsp3) is 0. The van der Waals surface area contributed by atoms with Crippen LogP contribution in [0.5, 0.6) is 0 Å². The van der Waals surface area contributed by atoms with E-state index in [9.17, 15) is 0 Å². The molecule has 54 heavy (non-hydrogen) atoms. The molecular weight excluding hydrogens is 667 g/mol. The molecule has 4 aromatic carbocycles. The molecule has 0 amide bonds. The van der Waals surface area contributed by atoms with Gasteiger partial charge in [-0.2, -0.15) is 0 Å². The second kappa shape index (κ2) is 13.2. The minimum atomic E-state index is 0.917. The zero-order valence-corrected chi connectivity index (χ0v) is 28.6. The first-order chi connectivity index (χ1) is 26.7. The van der Waals surface area contributed by atoms with Gasteiger partial charge in [-0.3, -0.25) is 15.0 Å². The van der Waals surface area contributed by atoms with Crippen LogP contribution in [0.4, 0.5) is 0 Å². The van der Waals surface area contributed by atoms with Crippen LogP contribution in [-0.4, -0.2) is 44.9 Å². The number of benzene rings is 4. The van der Waals surface area contributed by atoms with E-state index in [0.29, 0.717) is 0 Å². The summed E-state index contributed by atoms with van der Waals surface area (Å²) in [5, 5.41) is 6.91. The van der Waals surface area contributed by atoms with Crippen LogP contribution in [0.25, 0.3) is 99.1 Å². The molecule has 6 aromatic heterocycles. The van der Waals surface area contributed by atoms with Crippen molar-refractivity contribution in [3.63, 3.8) is 0 Å². The Morgan fingerprint density at radius 3 is 0.704 bits per heavy atom. The highest BCUT2D eigenvalue weighted by Crippen LogP contribution is 2.41. The summed E-state index contributed by atoms with van der Waals surface area (Å²) in [5.41, 5.74) is 11.9. The summed E-state index contributed by atoms with van der Waals surface area (Å²) in [6, 6.07) is 26.5. The monoisotopic (exact) mass is 693 g/mol. The Bertz CT molecular complexity index is 2640. The van der Waals surface area contributed by atoms with Crippen LogP contribution in [0, 0.1) is 0 Å². The van der Waals surface area contributed by atoms with Gasteiger partial charge in [0.25, 0.3) is 0 Å². The van der Waals surface area contributed by atoms with Gasteiger partial charge in [0, 0.05) is 124 Å². The SMILES string of the molecule is c1ncc(-c2cncc(-c3ccc4c(c3)c3ccc(-c5cncc(-c6cncnc6)c5)cc3c3ccc(-c5cncc(-c6cncnc6)c5)cc43)c2)cn1. The van der Waals surface area contributed by atoms with Crippen molar-refractivity contribution in [1.29, 1.82) is 0 Å². The predicted molar refractivity (Wildman–Crippen MR) is 212 cm³/mol. The number of aromatic nitrogens is 9. The molecular formula is C45H27N9. The van der Waals surface area contributed by atoms with E-state index < -0.39 is 0 Å². The number of hydrogen-bond donors (Lipinski definition) is 0. The molecule has 6 heterocycles. The highest BCUT2D eigenvalue weighted by molar-refractivity contribution is 6.26. The average molecular weight is 694 g/mol. The molecule has 9 heteroatoms. The molecule has 0 fully saturated rings. The molecule has 0 bridgehead atoms. The fourth-order valence-corrected chi connectivity index (χ4v) is 7.16. The van der Waals surface area contributed by atoms with Gasteiger partial charge in [0.1, 0.15) is 19.0 Å². The summed E-state index contributed by atoms with van der Waals surface area (Å²) >= 11 is 0. The van der Waals surface area contributed by atoms with Gasteiger partial charge >= 0.3 is 0 Å². The Hall–Kier alpha value is -7.65. The molecule has 0 atom stereocenters. The zero-order chi connectivity index (χ0) is 35.8. The minimum absolute atomic E-state index is 0.917. The molecule has 252 valence electrons. The summed E-state index contributed by atoms with van der Waals surface area (Å²) in [7, 11) is 0. The first-order valence-corrected chi connectivity index (χ1v) is 17.3. The molecule has 0 N–H and O–H groups in total. The third-order valence-electron chi connectivity index (χ3n) is 9.83. The van der Waals surface area contributed by atoms with E-state index in [0.717, 1.165) is 99.1 Å². The van der Waals surface area contributed by atoms with Crippen molar-refractivity contribution in [1.82, 2.24) is 44.9 Å². The van der Waals surface area contributed by atoms with Crippen molar-refractivity contribution < 1.29 is 0 Å². The van der Waals surface area contributed by atoms with Crippen molar-refractivity contribution in [3.05, 3.63) is 166 Å². The van der Waals surface area contributed by atoms with Crippen molar-refractivity contribution in [2.45, 2.75) is 0 Å². The lowest BCUT2D eigenvalue weighted by molar-refractivity contribution is 1.17. The standard InChI is InChI=1S/C45H27N9/c1-4-40-43(10-28(1)31-7-34(16-46-13-31)37-19-49-25-50-20-37)41-5-2-30(33-9-36(18-48-15-33)39-23-53-27-54-24-39)12-45(41)42-6-3-29(11-44(40)42)32-8-35(17-47-14-32)38-21-51-26-52-22-38/h1-27H. The highest BCUT2D eigenvalue weighted by Gasteiger charge is 2.15. The van der Waals surface area contributed by atoms with Crippen molar-refractivity contribution >= 4 is 32.3 Å². The molecule has 0 radical (unpaired) electrons. The Balaban J connectivity index is 1.17. The van der Waals surface area contributed by atoms with E-state index >= 15 is 0 Å². The fourth-order valence-electron chi connectivity index (χ4n) is 7.16. The van der Waals surface area contributed by atoms with E-state index in [2.05, 4.69) is 118 Å². The predicted octanol–water partition coefficient (Wildman–Crippen LogP) is 9.70. The van der Waals surface area contributed by atoms with E-state index in [4.69, 9.17) is 0 Å². The number of fused-ring (bicyclic) bond motifs is 6. The van der Waals surface area contributed by atoms with Gasteiger partial charge in [-0.25, -0.2) is 29.9 Å². The quantitative estimate of drug-likeness (QED) is 0.157. The first-order valence-electron chi connectivity index (χ1n) is 17.3. The van der Waals surface area contributed by atoms with E-state index in [1.54, 1.807) is 37.2 Å². The number of hydrogen-bond acceptors (Lipinski definition) is 9. The maximum atomic E-state index is 4.59. The third-order valence-corrected chi connectivity index (χ3v) is 9.83. The molecule has 10 aromatic rings. The lowest BCUT2D eigenvalue weighted by Crippen LogP contribution is -1.90. The lowest BCUT2D eigenvalue weighted by Gasteiger charge is -2.15. The van der Waals surface area contributed by atoms with E-state index in [1.165, 1.54) is 19.0 Å². The summed E-state index contributed by atoms with van der Waals surface area (Å²) < 4.78 is 0. The Kier molecular flexibility index (Phi) is 7.58. The second-order valence-corrected chi connectivity index (χ2v) is 13.0. The van der Waals surface area contributed by atoms with Crippen molar-refractivity contribution in [2.75, 3.05) is 0 Å². The summed E-state index contributed by atoms with van der Waals surface area (Å²) in [5.74, 6) is 0. The van der Waals surface area contributed by atoms with Gasteiger partial charge in [-0.1, -0.05) is 36.4 Å². The second-order valence-electron chi connectivity index (χ2n) is 13.0. The summed E-state index contributed by atoms with van der Waals surface area (Å²) in [4.78, 5) is 39.0. The van der Waals surface area contributed by atoms with Gasteiger partial charge in [0.15, 0.2) is 0 Å². The molecule has 0 spiro atoms. The molecule has 9 nitrogen and oxygen atoms in total. The van der Waals surface area contributed by atoms with Gasteiger partial charge in [-0.05, 0) is 85.4 Å². The maximum Gasteiger partial charge on any atom is 0.115 e. The van der Waals surface area contributed by atoms with Gasteiger partial charge in [0.2, 0.25) is 0 Å². The van der Waals surface area contributed by atoms with Gasteiger partial charge in [0.05, 0.1) is 0 Å². The zero-order valence-electron chi connectivity index (χ0n) is 28.6. The molecule has 0 aliphatic heterocycles. The van der Waals surface area contributed by atoms with Crippen molar-refractivity contribution in [3.8, 4) is 66.8 Å². The molecule has 0 aliphatic carbocycles. The summed E-state index contributed by atoms with van der Waals surface area (Å²) in [6.07, 6.45) is 26.7. The average Bonchev–Trinajstić information content (AvgIpc) is 3.27. The lowest BCUT2D eigenvalue weighted by atomic mass is 9.89. The highest BCUT2D eigenvalue weighted by atomic mass is 14.8. The minimum Gasteiger partial charge on any atom is -0.263 e. The number of nitrogens with zero attached hydrogens (tertiary/aromatic N) is 9. The van der Waals surface area contributed by atoms with Crippen LogP contribution >= 0.6 is 0 Å². The first kappa shape index (κ1) is 31.1. The van der Waals surface area contributed by atoms with Crippen LogP contribution in [0.3, 0.4) is 0 Å². The maximum absolute atomic E-state index is 4.59. The van der Waals surface area contributed by atoms with Crippen LogP contribution in [0.15, 0.2) is 166 Å². The van der Waals surface area contributed by atoms with E-state index in [-0.39, 0.29) is 0 Å². The largest absolute Gasteiger partial charge is 0.263 e. The molecule has 0 unspecified atom stereocenters. The molecule has 0 saturated carbocycles. The smallest absolute Gasteiger partial charge is 0.115 e. The summed E-state index contributed by atoms with van der Waals surface area (Å²) in [6.45, 7) is 0. The molecule has 0 saturated heterocycles. The van der Waals surface area contributed by atoms with Crippen LogP contribution in [-0.2, 0) is 0 Å². The normalized spacial score (nSPS) is 11.3. The van der Waals surface area contributed by atoms with Crippen LogP contribution in [0.1, 0.15) is 0 Å². The van der Waals surface area contributed by atoms with Crippen LogP contribution < -0.4 is 0 Å². The third kappa shape index (κ3) is 5.66. The Morgan fingerprint density at radius 2 is 0.426 bits per heavy atom. The molecule has 0 aliphatic rings. The molecule has 10 rings (SSSR count). The topological polar surface area (TPSA) is 116 Å².